The number of amides is 2. The number of fused-ring (bicyclic) bond motifs is 1. The molecule has 0 spiro atoms. The molecule has 8 heteroatoms. The van der Waals surface area contributed by atoms with Crippen molar-refractivity contribution in [1.82, 2.24) is 0 Å². The second-order valence-corrected chi connectivity index (χ2v) is 7.18. The monoisotopic (exact) mass is 424 g/mol. The van der Waals surface area contributed by atoms with Crippen LogP contribution in [0.3, 0.4) is 0 Å². The lowest BCUT2D eigenvalue weighted by Crippen LogP contribution is -2.27. The minimum Gasteiger partial charge on any atom is -0.493 e. The van der Waals surface area contributed by atoms with Gasteiger partial charge in [-0.15, -0.1) is 0 Å². The summed E-state index contributed by atoms with van der Waals surface area (Å²) in [5, 5.41) is 2.91. The van der Waals surface area contributed by atoms with Gasteiger partial charge in [-0.25, -0.2) is 0 Å². The van der Waals surface area contributed by atoms with E-state index in [-0.39, 0.29) is 11.8 Å². The van der Waals surface area contributed by atoms with Gasteiger partial charge >= 0.3 is 0 Å². The summed E-state index contributed by atoms with van der Waals surface area (Å²) in [6.45, 7) is 2.28. The Bertz CT molecular complexity index is 1000. The third-order valence-electron chi connectivity index (χ3n) is 5.32. The third-order valence-corrected chi connectivity index (χ3v) is 5.32. The van der Waals surface area contributed by atoms with Crippen molar-refractivity contribution in [2.24, 2.45) is 10.7 Å². The van der Waals surface area contributed by atoms with Gasteiger partial charge < -0.3 is 25.4 Å². The highest BCUT2D eigenvalue weighted by molar-refractivity contribution is 6.19. The Balaban J connectivity index is 1.91. The zero-order valence-corrected chi connectivity index (χ0v) is 18.3. The van der Waals surface area contributed by atoms with E-state index in [4.69, 9.17) is 20.2 Å². The van der Waals surface area contributed by atoms with Crippen molar-refractivity contribution in [3.05, 3.63) is 42.0 Å². The molecule has 0 fully saturated rings. The number of anilines is 2. The van der Waals surface area contributed by atoms with Crippen LogP contribution in [-0.2, 0) is 9.59 Å². The van der Waals surface area contributed by atoms with E-state index in [1.54, 1.807) is 32.2 Å². The molecular formula is C23H28N4O4. The molecule has 1 atom stereocenters. The maximum atomic E-state index is 12.8. The summed E-state index contributed by atoms with van der Waals surface area (Å²) in [6, 6.07) is 10.9. The zero-order chi connectivity index (χ0) is 22.5. The van der Waals surface area contributed by atoms with Crippen molar-refractivity contribution < 1.29 is 19.1 Å². The number of methoxy groups -OCH3 is 2. The molecule has 8 nitrogen and oxygen atoms in total. The van der Waals surface area contributed by atoms with Gasteiger partial charge in [-0.1, -0.05) is 6.92 Å². The number of hydrogen-bond acceptors (Lipinski definition) is 6. The van der Waals surface area contributed by atoms with Crippen LogP contribution in [-0.4, -0.2) is 45.3 Å². The van der Waals surface area contributed by atoms with E-state index < -0.39 is 5.92 Å². The number of ether oxygens (including phenoxy) is 2. The number of aliphatic imine (C=N–C) groups is 1. The highest BCUT2D eigenvalue weighted by Crippen LogP contribution is 2.42. The molecule has 1 aliphatic heterocycles. The second kappa shape index (κ2) is 9.61. The quantitative estimate of drug-likeness (QED) is 0.633. The lowest BCUT2D eigenvalue weighted by Gasteiger charge is -2.17. The molecule has 3 rings (SSSR count). The summed E-state index contributed by atoms with van der Waals surface area (Å²) in [5.41, 5.74) is 9.19. The van der Waals surface area contributed by atoms with Crippen molar-refractivity contribution in [3.63, 3.8) is 0 Å². The molecule has 1 heterocycles. The van der Waals surface area contributed by atoms with E-state index in [0.29, 0.717) is 42.3 Å². The van der Waals surface area contributed by atoms with Crippen molar-refractivity contribution in [2.45, 2.75) is 25.7 Å². The maximum absolute atomic E-state index is 12.8. The van der Waals surface area contributed by atoms with Gasteiger partial charge in [-0.3, -0.25) is 14.6 Å². The van der Waals surface area contributed by atoms with Gasteiger partial charge in [0.1, 0.15) is 5.92 Å². The fraction of sp³-hybridized carbons (Fsp3) is 0.348. The topological polar surface area (TPSA) is 106 Å². The Morgan fingerprint density at radius 2 is 1.81 bits per heavy atom. The van der Waals surface area contributed by atoms with Crippen LogP contribution in [0.4, 0.5) is 17.1 Å². The number of nitrogens with zero attached hydrogens (tertiary/aromatic N) is 2. The standard InChI is InChI=1S/C23H28N4O4/c1-5-17(25-14-6-8-15(9-7-14)27(2)21(28)10-11-24)22-16-12-19(30-3)20(31-4)13-18(16)26-23(22)29/h6-9,12-13,22H,5,10-11,24H2,1-4H3,(H,26,29). The number of hydrogen-bond donors (Lipinski definition) is 2. The summed E-state index contributed by atoms with van der Waals surface area (Å²) in [4.78, 5) is 31.1. The first-order valence-electron chi connectivity index (χ1n) is 10.1. The summed E-state index contributed by atoms with van der Waals surface area (Å²) in [5.74, 6) is 0.438. The highest BCUT2D eigenvalue weighted by Gasteiger charge is 2.35. The lowest BCUT2D eigenvalue weighted by molar-refractivity contribution is -0.118. The fourth-order valence-electron chi connectivity index (χ4n) is 3.62. The Kier molecular flexibility index (Phi) is 6.91. The van der Waals surface area contributed by atoms with Crippen LogP contribution in [0.5, 0.6) is 11.5 Å². The fourth-order valence-corrected chi connectivity index (χ4v) is 3.62. The predicted molar refractivity (Wildman–Crippen MR) is 122 cm³/mol. The number of carbonyl (C=O) groups is 2. The van der Waals surface area contributed by atoms with Crippen molar-refractivity contribution in [2.75, 3.05) is 38.0 Å². The van der Waals surface area contributed by atoms with E-state index in [9.17, 15) is 9.59 Å². The summed E-state index contributed by atoms with van der Waals surface area (Å²) in [6.07, 6.45) is 0.892. The first-order chi connectivity index (χ1) is 14.9. The molecule has 1 aliphatic rings. The smallest absolute Gasteiger partial charge is 0.237 e. The molecule has 0 aliphatic carbocycles. The molecule has 1 unspecified atom stereocenters. The van der Waals surface area contributed by atoms with Crippen LogP contribution in [0.2, 0.25) is 0 Å². The summed E-state index contributed by atoms with van der Waals surface area (Å²) < 4.78 is 10.7. The van der Waals surface area contributed by atoms with Crippen LogP contribution in [0.15, 0.2) is 41.4 Å². The van der Waals surface area contributed by atoms with Gasteiger partial charge in [-0.05, 0) is 42.3 Å². The first-order valence-corrected chi connectivity index (χ1v) is 10.1. The van der Waals surface area contributed by atoms with E-state index in [0.717, 1.165) is 17.0 Å². The molecule has 0 saturated carbocycles. The number of nitrogens with one attached hydrogen (secondary N) is 1. The van der Waals surface area contributed by atoms with Gasteiger partial charge in [0, 0.05) is 43.2 Å². The molecule has 2 aromatic rings. The van der Waals surface area contributed by atoms with E-state index >= 15 is 0 Å². The Labute approximate surface area is 182 Å². The molecule has 0 bridgehead atoms. The highest BCUT2D eigenvalue weighted by atomic mass is 16.5. The van der Waals surface area contributed by atoms with Crippen LogP contribution in [0.25, 0.3) is 0 Å². The number of carbonyl (C=O) groups excluding carboxylic acids is 2. The van der Waals surface area contributed by atoms with Gasteiger partial charge in [0.15, 0.2) is 11.5 Å². The lowest BCUT2D eigenvalue weighted by atomic mass is 9.93. The van der Waals surface area contributed by atoms with E-state index in [2.05, 4.69) is 5.32 Å². The van der Waals surface area contributed by atoms with Crippen LogP contribution < -0.4 is 25.4 Å². The molecule has 164 valence electrons. The molecule has 2 amide bonds. The minimum absolute atomic E-state index is 0.0448. The van der Waals surface area contributed by atoms with Gasteiger partial charge in [0.05, 0.1) is 19.9 Å². The van der Waals surface area contributed by atoms with Crippen LogP contribution in [0.1, 0.15) is 31.2 Å². The average molecular weight is 425 g/mol. The Hall–Kier alpha value is -3.39. The van der Waals surface area contributed by atoms with Gasteiger partial charge in [-0.2, -0.15) is 0 Å². The van der Waals surface area contributed by atoms with Gasteiger partial charge in [0.25, 0.3) is 0 Å². The summed E-state index contributed by atoms with van der Waals surface area (Å²) in [7, 11) is 4.84. The third kappa shape index (κ3) is 4.54. The van der Waals surface area contributed by atoms with Gasteiger partial charge in [0.2, 0.25) is 11.8 Å². The molecule has 2 aromatic carbocycles. The molecule has 0 radical (unpaired) electrons. The summed E-state index contributed by atoms with van der Waals surface area (Å²) >= 11 is 0. The maximum Gasteiger partial charge on any atom is 0.237 e. The molecular weight excluding hydrogens is 396 g/mol. The number of rotatable bonds is 8. The first kappa shape index (κ1) is 22.3. The Morgan fingerprint density at radius 1 is 1.16 bits per heavy atom. The molecule has 31 heavy (non-hydrogen) atoms. The molecule has 0 saturated heterocycles. The molecule has 3 N–H and O–H groups in total. The second-order valence-electron chi connectivity index (χ2n) is 7.18. The predicted octanol–water partition coefficient (Wildman–Crippen LogP) is 3.23. The number of nitrogens with two attached hydrogens (primary N) is 1. The van der Waals surface area contributed by atoms with E-state index in [1.165, 1.54) is 0 Å². The van der Waals surface area contributed by atoms with Crippen LogP contribution in [0, 0.1) is 0 Å². The normalized spacial score (nSPS) is 15.3. The van der Waals surface area contributed by atoms with Crippen molar-refractivity contribution >= 4 is 34.6 Å². The largest absolute Gasteiger partial charge is 0.493 e. The number of benzene rings is 2. The Morgan fingerprint density at radius 3 is 2.39 bits per heavy atom. The van der Waals surface area contributed by atoms with Crippen LogP contribution >= 0.6 is 0 Å². The zero-order valence-electron chi connectivity index (χ0n) is 18.3. The molecule has 0 aromatic heterocycles. The van der Waals surface area contributed by atoms with Crippen molar-refractivity contribution in [3.8, 4) is 11.5 Å². The minimum atomic E-state index is -0.506. The van der Waals surface area contributed by atoms with Crippen molar-refractivity contribution in [1.29, 1.82) is 0 Å². The SMILES string of the molecule is CCC(=Nc1ccc(N(C)C(=O)CCN)cc1)C1C(=O)Nc2cc(OC)c(OC)cc21. The average Bonchev–Trinajstić information content (AvgIpc) is 3.10. The van der Waals surface area contributed by atoms with E-state index in [1.807, 2.05) is 37.3 Å².